The molecular formula is C25H35N3O2. The standard InChI is InChI=1S/C25H35N3O2/c1-24(2,3)30-23(29)28(22-15-21(22)20-7-5-4-6-8-20)18-25(11-12-25)17-27-13-9-19(16-26)10-14-27/h4-8,19,21-22H,9-15,17-18H2,1-3H3/t21?,22-/m0/s1. The van der Waals surface area contributed by atoms with Crippen molar-refractivity contribution in [1.82, 2.24) is 9.80 Å². The van der Waals surface area contributed by atoms with Gasteiger partial charge in [-0.3, -0.25) is 0 Å². The molecule has 2 atom stereocenters. The molecule has 0 bridgehead atoms. The molecule has 0 aromatic heterocycles. The van der Waals surface area contributed by atoms with E-state index in [-0.39, 0.29) is 23.5 Å². The monoisotopic (exact) mass is 409 g/mol. The second kappa shape index (κ2) is 8.23. The topological polar surface area (TPSA) is 56.6 Å². The zero-order chi connectivity index (χ0) is 21.4. The SMILES string of the molecule is CC(C)(C)OC(=O)N(CC1(CN2CCC(C#N)CC2)CC1)[C@H]1CC1c1ccccc1. The highest BCUT2D eigenvalue weighted by molar-refractivity contribution is 5.69. The molecule has 1 aromatic carbocycles. The van der Waals surface area contributed by atoms with Crippen molar-refractivity contribution >= 4 is 6.09 Å². The van der Waals surface area contributed by atoms with Crippen LogP contribution in [0.15, 0.2) is 30.3 Å². The fourth-order valence-electron chi connectivity index (χ4n) is 4.82. The number of nitriles is 1. The third-order valence-electron chi connectivity index (χ3n) is 6.80. The Bertz CT molecular complexity index is 783. The highest BCUT2D eigenvalue weighted by Gasteiger charge is 2.52. The smallest absolute Gasteiger partial charge is 0.410 e. The fourth-order valence-corrected chi connectivity index (χ4v) is 4.82. The number of nitrogens with zero attached hydrogens (tertiary/aromatic N) is 3. The molecule has 0 radical (unpaired) electrons. The largest absolute Gasteiger partial charge is 0.444 e. The number of benzene rings is 1. The van der Waals surface area contributed by atoms with Crippen molar-refractivity contribution < 1.29 is 9.53 Å². The lowest BCUT2D eigenvalue weighted by Crippen LogP contribution is -2.45. The number of piperidine rings is 1. The van der Waals surface area contributed by atoms with E-state index < -0.39 is 5.60 Å². The van der Waals surface area contributed by atoms with Crippen molar-refractivity contribution in [1.29, 1.82) is 5.26 Å². The first-order chi connectivity index (χ1) is 14.3. The number of rotatable bonds is 6. The van der Waals surface area contributed by atoms with E-state index in [9.17, 15) is 4.79 Å². The maximum Gasteiger partial charge on any atom is 0.410 e. The summed E-state index contributed by atoms with van der Waals surface area (Å²) in [4.78, 5) is 17.7. The van der Waals surface area contributed by atoms with E-state index in [1.165, 1.54) is 18.4 Å². The fraction of sp³-hybridized carbons (Fsp3) is 0.680. The highest BCUT2D eigenvalue weighted by Crippen LogP contribution is 2.51. The molecule has 4 rings (SSSR count). The molecule has 0 spiro atoms. The summed E-state index contributed by atoms with van der Waals surface area (Å²) in [6.07, 6.45) is 5.15. The van der Waals surface area contributed by atoms with Gasteiger partial charge in [-0.15, -0.1) is 0 Å². The average molecular weight is 410 g/mol. The summed E-state index contributed by atoms with van der Waals surface area (Å²) < 4.78 is 5.81. The molecule has 5 heteroatoms. The summed E-state index contributed by atoms with van der Waals surface area (Å²) in [5.41, 5.74) is 1.03. The number of hydrogen-bond donors (Lipinski definition) is 0. The lowest BCUT2D eigenvalue weighted by atomic mass is 9.96. The molecule has 3 fully saturated rings. The molecule has 5 nitrogen and oxygen atoms in total. The van der Waals surface area contributed by atoms with Gasteiger partial charge in [0.05, 0.1) is 6.07 Å². The molecule has 3 aliphatic rings. The Morgan fingerprint density at radius 2 is 1.90 bits per heavy atom. The van der Waals surface area contributed by atoms with Gasteiger partial charge in [0.2, 0.25) is 0 Å². The van der Waals surface area contributed by atoms with E-state index in [0.29, 0.717) is 5.92 Å². The molecule has 0 N–H and O–H groups in total. The lowest BCUT2D eigenvalue weighted by Gasteiger charge is -2.35. The second-order valence-corrected chi connectivity index (χ2v) is 10.6. The minimum absolute atomic E-state index is 0.166. The summed E-state index contributed by atoms with van der Waals surface area (Å²) in [5.74, 6) is 0.633. The summed E-state index contributed by atoms with van der Waals surface area (Å²) in [5, 5.41) is 9.16. The van der Waals surface area contributed by atoms with Gasteiger partial charge in [0.1, 0.15) is 5.60 Å². The van der Waals surface area contributed by atoms with Crippen molar-refractivity contribution in [2.45, 2.75) is 70.4 Å². The third kappa shape index (κ3) is 5.16. The van der Waals surface area contributed by atoms with Crippen LogP contribution in [0.4, 0.5) is 4.79 Å². The van der Waals surface area contributed by atoms with Gasteiger partial charge in [0.25, 0.3) is 0 Å². The van der Waals surface area contributed by atoms with Gasteiger partial charge in [-0.05, 0) is 71.5 Å². The van der Waals surface area contributed by atoms with Gasteiger partial charge in [0, 0.05) is 36.4 Å². The van der Waals surface area contributed by atoms with Gasteiger partial charge in [-0.2, -0.15) is 5.26 Å². The summed E-state index contributed by atoms with van der Waals surface area (Å²) in [6, 6.07) is 13.2. The van der Waals surface area contributed by atoms with Crippen molar-refractivity contribution in [3.63, 3.8) is 0 Å². The number of likely N-dealkylation sites (tertiary alicyclic amines) is 1. The summed E-state index contributed by atoms with van der Waals surface area (Å²) in [6.45, 7) is 9.65. The van der Waals surface area contributed by atoms with Crippen LogP contribution in [0.3, 0.4) is 0 Å². The van der Waals surface area contributed by atoms with Crippen LogP contribution >= 0.6 is 0 Å². The molecule has 1 unspecified atom stereocenters. The highest BCUT2D eigenvalue weighted by atomic mass is 16.6. The number of amides is 1. The van der Waals surface area contributed by atoms with Crippen LogP contribution < -0.4 is 0 Å². The lowest BCUT2D eigenvalue weighted by molar-refractivity contribution is 0.0166. The molecule has 162 valence electrons. The predicted octanol–water partition coefficient (Wildman–Crippen LogP) is 4.80. The number of carbonyl (C=O) groups is 1. The Hall–Kier alpha value is -2.06. The molecule has 1 saturated heterocycles. The van der Waals surface area contributed by atoms with Gasteiger partial charge in [-0.25, -0.2) is 4.79 Å². The molecule has 1 aromatic rings. The molecule has 1 aliphatic heterocycles. The van der Waals surface area contributed by atoms with Gasteiger partial charge in [0.15, 0.2) is 0 Å². The summed E-state index contributed by atoms with van der Waals surface area (Å²) in [7, 11) is 0. The first kappa shape index (κ1) is 21.2. The maximum atomic E-state index is 13.2. The van der Waals surface area contributed by atoms with Crippen LogP contribution in [0.1, 0.15) is 64.4 Å². The van der Waals surface area contributed by atoms with Crippen LogP contribution in [-0.4, -0.2) is 53.7 Å². The Morgan fingerprint density at radius 1 is 1.23 bits per heavy atom. The molecule has 2 aliphatic carbocycles. The number of carbonyl (C=O) groups excluding carboxylic acids is 1. The molecule has 1 heterocycles. The minimum atomic E-state index is -0.484. The van der Waals surface area contributed by atoms with E-state index in [4.69, 9.17) is 10.00 Å². The third-order valence-corrected chi connectivity index (χ3v) is 6.80. The average Bonchev–Trinajstić information content (AvgIpc) is 3.62. The first-order valence-electron chi connectivity index (χ1n) is 11.5. The van der Waals surface area contributed by atoms with E-state index in [0.717, 1.165) is 45.4 Å². The van der Waals surface area contributed by atoms with E-state index in [2.05, 4.69) is 35.2 Å². The van der Waals surface area contributed by atoms with Crippen LogP contribution in [-0.2, 0) is 4.74 Å². The molecule has 1 amide bonds. The van der Waals surface area contributed by atoms with Crippen LogP contribution in [0, 0.1) is 22.7 Å². The zero-order valence-electron chi connectivity index (χ0n) is 18.6. The number of ether oxygens (including phenoxy) is 1. The predicted molar refractivity (Wildman–Crippen MR) is 117 cm³/mol. The van der Waals surface area contributed by atoms with Crippen molar-refractivity contribution in [2.24, 2.45) is 11.3 Å². The molecule has 2 saturated carbocycles. The quantitative estimate of drug-likeness (QED) is 0.677. The molecular weight excluding hydrogens is 374 g/mol. The second-order valence-electron chi connectivity index (χ2n) is 10.6. The van der Waals surface area contributed by atoms with Gasteiger partial charge >= 0.3 is 6.09 Å². The summed E-state index contributed by atoms with van der Waals surface area (Å²) >= 11 is 0. The maximum absolute atomic E-state index is 13.2. The Balaban J connectivity index is 1.43. The van der Waals surface area contributed by atoms with E-state index in [1.54, 1.807) is 0 Å². The number of hydrogen-bond acceptors (Lipinski definition) is 4. The van der Waals surface area contributed by atoms with Crippen LogP contribution in [0.5, 0.6) is 0 Å². The van der Waals surface area contributed by atoms with Crippen molar-refractivity contribution in [3.05, 3.63) is 35.9 Å². The van der Waals surface area contributed by atoms with Crippen molar-refractivity contribution in [3.8, 4) is 6.07 Å². The Morgan fingerprint density at radius 3 is 2.47 bits per heavy atom. The van der Waals surface area contributed by atoms with Crippen LogP contribution in [0.2, 0.25) is 0 Å². The van der Waals surface area contributed by atoms with Crippen LogP contribution in [0.25, 0.3) is 0 Å². The Kier molecular flexibility index (Phi) is 5.81. The minimum Gasteiger partial charge on any atom is -0.444 e. The van der Waals surface area contributed by atoms with Gasteiger partial charge in [-0.1, -0.05) is 30.3 Å². The first-order valence-corrected chi connectivity index (χ1v) is 11.5. The normalized spacial score (nSPS) is 25.9. The van der Waals surface area contributed by atoms with Crippen molar-refractivity contribution in [2.75, 3.05) is 26.2 Å². The Labute approximate surface area is 181 Å². The van der Waals surface area contributed by atoms with E-state index >= 15 is 0 Å². The van der Waals surface area contributed by atoms with Gasteiger partial charge < -0.3 is 14.5 Å². The molecule has 30 heavy (non-hydrogen) atoms. The van der Waals surface area contributed by atoms with E-state index in [1.807, 2.05) is 31.7 Å². The zero-order valence-corrected chi connectivity index (χ0v) is 18.6.